The smallest absolute Gasteiger partial charge is 0.0743 e. The van der Waals surface area contributed by atoms with E-state index in [-0.39, 0.29) is 6.04 Å². The SMILES string of the molecule is Cc1cc(C(C)N)c2cccc(C(C)C)c2n1. The highest BCUT2D eigenvalue weighted by molar-refractivity contribution is 5.86. The first-order chi connectivity index (χ1) is 8.00. The van der Waals surface area contributed by atoms with Gasteiger partial charge in [-0.05, 0) is 37.0 Å². The first-order valence-electron chi connectivity index (χ1n) is 6.16. The molecule has 0 aliphatic heterocycles. The molecular weight excluding hydrogens is 208 g/mol. The van der Waals surface area contributed by atoms with Crippen molar-refractivity contribution < 1.29 is 0 Å². The Hall–Kier alpha value is -1.41. The Morgan fingerprint density at radius 1 is 1.12 bits per heavy atom. The first kappa shape index (κ1) is 12.1. The van der Waals surface area contributed by atoms with Gasteiger partial charge >= 0.3 is 0 Å². The van der Waals surface area contributed by atoms with Crippen molar-refractivity contribution in [2.24, 2.45) is 5.73 Å². The van der Waals surface area contributed by atoms with Crippen LogP contribution in [0, 0.1) is 6.92 Å². The predicted octanol–water partition coefficient (Wildman–Crippen LogP) is 3.69. The van der Waals surface area contributed by atoms with Crippen molar-refractivity contribution in [2.75, 3.05) is 0 Å². The molecule has 1 aromatic heterocycles. The fraction of sp³-hybridized carbons (Fsp3) is 0.400. The molecule has 0 spiro atoms. The molecule has 0 amide bonds. The van der Waals surface area contributed by atoms with Crippen molar-refractivity contribution in [1.29, 1.82) is 0 Å². The molecule has 1 aromatic carbocycles. The Labute approximate surface area is 103 Å². The van der Waals surface area contributed by atoms with Gasteiger partial charge in [0.05, 0.1) is 5.52 Å². The zero-order valence-electron chi connectivity index (χ0n) is 11.0. The lowest BCUT2D eigenvalue weighted by atomic mass is 9.95. The van der Waals surface area contributed by atoms with Crippen LogP contribution in [0.2, 0.25) is 0 Å². The van der Waals surface area contributed by atoms with Gasteiger partial charge in [-0.15, -0.1) is 0 Å². The highest BCUT2D eigenvalue weighted by atomic mass is 14.7. The second-order valence-electron chi connectivity index (χ2n) is 5.04. The Morgan fingerprint density at radius 3 is 2.41 bits per heavy atom. The molecule has 90 valence electrons. The molecule has 17 heavy (non-hydrogen) atoms. The van der Waals surface area contributed by atoms with Crippen LogP contribution in [0.3, 0.4) is 0 Å². The summed E-state index contributed by atoms with van der Waals surface area (Å²) in [7, 11) is 0. The largest absolute Gasteiger partial charge is 0.324 e. The van der Waals surface area contributed by atoms with E-state index in [9.17, 15) is 0 Å². The molecule has 1 atom stereocenters. The Bertz CT molecular complexity index is 542. The molecule has 0 aliphatic carbocycles. The predicted molar refractivity (Wildman–Crippen MR) is 73.2 cm³/mol. The van der Waals surface area contributed by atoms with E-state index in [4.69, 9.17) is 5.73 Å². The minimum Gasteiger partial charge on any atom is -0.324 e. The van der Waals surface area contributed by atoms with Gasteiger partial charge in [0.25, 0.3) is 0 Å². The van der Waals surface area contributed by atoms with Gasteiger partial charge < -0.3 is 5.73 Å². The van der Waals surface area contributed by atoms with E-state index in [0.717, 1.165) is 11.2 Å². The van der Waals surface area contributed by atoms with Crippen molar-refractivity contribution in [3.63, 3.8) is 0 Å². The number of nitrogens with zero attached hydrogens (tertiary/aromatic N) is 1. The van der Waals surface area contributed by atoms with Crippen molar-refractivity contribution in [1.82, 2.24) is 4.98 Å². The van der Waals surface area contributed by atoms with Gasteiger partial charge in [0.2, 0.25) is 0 Å². The number of aryl methyl sites for hydroxylation is 1. The molecule has 0 saturated heterocycles. The lowest BCUT2D eigenvalue weighted by Gasteiger charge is -2.15. The fourth-order valence-electron chi connectivity index (χ4n) is 2.27. The van der Waals surface area contributed by atoms with Gasteiger partial charge in [-0.25, -0.2) is 0 Å². The summed E-state index contributed by atoms with van der Waals surface area (Å²) in [5.41, 5.74) is 10.7. The third kappa shape index (κ3) is 2.18. The van der Waals surface area contributed by atoms with Crippen LogP contribution in [-0.2, 0) is 0 Å². The molecule has 2 N–H and O–H groups in total. The zero-order chi connectivity index (χ0) is 12.6. The number of pyridine rings is 1. The number of benzene rings is 1. The molecule has 1 unspecified atom stereocenters. The topological polar surface area (TPSA) is 38.9 Å². The van der Waals surface area contributed by atoms with Crippen LogP contribution in [0.4, 0.5) is 0 Å². The summed E-state index contributed by atoms with van der Waals surface area (Å²) in [5.74, 6) is 0.480. The Morgan fingerprint density at radius 2 is 1.82 bits per heavy atom. The van der Waals surface area contributed by atoms with Gasteiger partial charge in [-0.2, -0.15) is 0 Å². The Balaban J connectivity index is 2.83. The second-order valence-corrected chi connectivity index (χ2v) is 5.04. The summed E-state index contributed by atoms with van der Waals surface area (Å²) in [4.78, 5) is 4.68. The van der Waals surface area contributed by atoms with E-state index in [2.05, 4.69) is 43.1 Å². The summed E-state index contributed by atoms with van der Waals surface area (Å²) in [6.07, 6.45) is 0. The number of aromatic nitrogens is 1. The van der Waals surface area contributed by atoms with Crippen molar-refractivity contribution >= 4 is 10.9 Å². The first-order valence-corrected chi connectivity index (χ1v) is 6.16. The standard InChI is InChI=1S/C15H20N2/c1-9(2)12-6-5-7-13-14(11(4)16)8-10(3)17-15(12)13/h5-9,11H,16H2,1-4H3. The van der Waals surface area contributed by atoms with Gasteiger partial charge in [0.1, 0.15) is 0 Å². The van der Waals surface area contributed by atoms with Crippen LogP contribution < -0.4 is 5.73 Å². The lowest BCUT2D eigenvalue weighted by Crippen LogP contribution is -2.07. The second kappa shape index (κ2) is 4.46. The maximum atomic E-state index is 6.05. The number of para-hydroxylation sites is 1. The van der Waals surface area contributed by atoms with Crippen molar-refractivity contribution in [3.05, 3.63) is 41.1 Å². The molecule has 0 saturated carbocycles. The number of hydrogen-bond donors (Lipinski definition) is 1. The van der Waals surface area contributed by atoms with Gasteiger partial charge in [0.15, 0.2) is 0 Å². The molecule has 1 heterocycles. The summed E-state index contributed by atoms with van der Waals surface area (Å²) < 4.78 is 0. The maximum Gasteiger partial charge on any atom is 0.0743 e. The van der Waals surface area contributed by atoms with Crippen LogP contribution in [0.15, 0.2) is 24.3 Å². The monoisotopic (exact) mass is 228 g/mol. The van der Waals surface area contributed by atoms with Crippen LogP contribution in [0.5, 0.6) is 0 Å². The number of nitrogens with two attached hydrogens (primary N) is 1. The molecule has 2 heteroatoms. The fourth-order valence-corrected chi connectivity index (χ4v) is 2.27. The lowest BCUT2D eigenvalue weighted by molar-refractivity contribution is 0.821. The van der Waals surface area contributed by atoms with Gasteiger partial charge in [-0.1, -0.05) is 32.0 Å². The average molecular weight is 228 g/mol. The van der Waals surface area contributed by atoms with Gasteiger partial charge in [0, 0.05) is 17.1 Å². The van der Waals surface area contributed by atoms with Crippen LogP contribution in [0.1, 0.15) is 49.6 Å². The zero-order valence-corrected chi connectivity index (χ0v) is 11.0. The molecule has 0 fully saturated rings. The van der Waals surface area contributed by atoms with Gasteiger partial charge in [-0.3, -0.25) is 4.98 Å². The summed E-state index contributed by atoms with van der Waals surface area (Å²) in [6, 6.07) is 8.51. The summed E-state index contributed by atoms with van der Waals surface area (Å²) in [6.45, 7) is 8.45. The van der Waals surface area contributed by atoms with E-state index in [1.54, 1.807) is 0 Å². The normalized spacial score (nSPS) is 13.3. The Kier molecular flexibility index (Phi) is 3.16. The third-order valence-electron chi connectivity index (χ3n) is 3.14. The molecular formula is C15H20N2. The minimum absolute atomic E-state index is 0.0432. The minimum atomic E-state index is 0.0432. The maximum absolute atomic E-state index is 6.05. The third-order valence-corrected chi connectivity index (χ3v) is 3.14. The van der Waals surface area contributed by atoms with E-state index in [0.29, 0.717) is 5.92 Å². The van der Waals surface area contributed by atoms with E-state index >= 15 is 0 Å². The molecule has 2 rings (SSSR count). The van der Waals surface area contributed by atoms with E-state index in [1.807, 2.05) is 13.8 Å². The highest BCUT2D eigenvalue weighted by Gasteiger charge is 2.12. The molecule has 0 radical (unpaired) electrons. The molecule has 0 aliphatic rings. The van der Waals surface area contributed by atoms with E-state index < -0.39 is 0 Å². The van der Waals surface area contributed by atoms with Crippen LogP contribution in [-0.4, -0.2) is 4.98 Å². The number of rotatable bonds is 2. The summed E-state index contributed by atoms with van der Waals surface area (Å²) >= 11 is 0. The number of hydrogen-bond acceptors (Lipinski definition) is 2. The molecule has 2 aromatic rings. The highest BCUT2D eigenvalue weighted by Crippen LogP contribution is 2.28. The molecule has 2 nitrogen and oxygen atoms in total. The number of fused-ring (bicyclic) bond motifs is 1. The van der Waals surface area contributed by atoms with Crippen LogP contribution in [0.25, 0.3) is 10.9 Å². The van der Waals surface area contributed by atoms with Crippen molar-refractivity contribution in [3.8, 4) is 0 Å². The van der Waals surface area contributed by atoms with Crippen LogP contribution >= 0.6 is 0 Å². The molecule has 0 bridgehead atoms. The summed E-state index contributed by atoms with van der Waals surface area (Å²) in [5, 5.41) is 1.19. The van der Waals surface area contributed by atoms with Crippen molar-refractivity contribution in [2.45, 2.75) is 39.7 Å². The quantitative estimate of drug-likeness (QED) is 0.851. The van der Waals surface area contributed by atoms with E-state index in [1.165, 1.54) is 16.5 Å². The average Bonchev–Trinajstić information content (AvgIpc) is 2.26.